The second-order valence-electron chi connectivity index (χ2n) is 1.87. The van der Waals surface area contributed by atoms with Crippen molar-refractivity contribution in [1.82, 2.24) is 5.43 Å². The number of nitro groups is 1. The SMILES string of the molecule is NNC(=O)c1ccc([N+](=O)[O-])s1. The lowest BCUT2D eigenvalue weighted by atomic mass is 10.4. The molecule has 0 fully saturated rings. The van der Waals surface area contributed by atoms with E-state index in [1.54, 1.807) is 0 Å². The summed E-state index contributed by atoms with van der Waals surface area (Å²) < 4.78 is 0. The number of amides is 1. The molecule has 0 aromatic carbocycles. The van der Waals surface area contributed by atoms with Gasteiger partial charge >= 0.3 is 5.00 Å². The van der Waals surface area contributed by atoms with Crippen molar-refractivity contribution < 1.29 is 9.72 Å². The van der Waals surface area contributed by atoms with Crippen LogP contribution in [-0.2, 0) is 0 Å². The molecule has 64 valence electrons. The van der Waals surface area contributed by atoms with E-state index in [1.165, 1.54) is 12.1 Å². The van der Waals surface area contributed by atoms with Crippen molar-refractivity contribution in [3.8, 4) is 0 Å². The lowest BCUT2D eigenvalue weighted by molar-refractivity contribution is -0.380. The molecule has 12 heavy (non-hydrogen) atoms. The Balaban J connectivity index is 2.91. The fraction of sp³-hybridized carbons (Fsp3) is 0. The summed E-state index contributed by atoms with van der Waals surface area (Å²) in [6, 6.07) is 2.61. The number of rotatable bonds is 2. The highest BCUT2D eigenvalue weighted by Gasteiger charge is 2.13. The maximum Gasteiger partial charge on any atom is 0.324 e. The van der Waals surface area contributed by atoms with Gasteiger partial charge in [-0.05, 0) is 6.07 Å². The van der Waals surface area contributed by atoms with Crippen molar-refractivity contribution in [2.75, 3.05) is 0 Å². The Morgan fingerprint density at radius 2 is 2.33 bits per heavy atom. The fourth-order valence-corrected chi connectivity index (χ4v) is 1.34. The Labute approximate surface area is 71.1 Å². The number of carbonyl (C=O) groups excluding carboxylic acids is 1. The van der Waals surface area contributed by atoms with Crippen LogP contribution < -0.4 is 11.3 Å². The molecule has 0 saturated heterocycles. The highest BCUT2D eigenvalue weighted by atomic mass is 32.1. The normalized spacial score (nSPS) is 9.42. The third-order valence-corrected chi connectivity index (χ3v) is 2.16. The maximum absolute atomic E-state index is 10.8. The van der Waals surface area contributed by atoms with Gasteiger partial charge in [-0.2, -0.15) is 0 Å². The standard InChI is InChI=1S/C5H5N3O3S/c6-7-5(9)3-1-2-4(12-3)8(10)11/h1-2H,6H2,(H,7,9). The molecular formula is C5H5N3O3S. The van der Waals surface area contributed by atoms with Gasteiger partial charge in [-0.1, -0.05) is 11.3 Å². The number of thiophene rings is 1. The maximum atomic E-state index is 10.8. The van der Waals surface area contributed by atoms with Gasteiger partial charge in [-0.15, -0.1) is 0 Å². The molecule has 7 heteroatoms. The summed E-state index contributed by atoms with van der Waals surface area (Å²) in [5.41, 5.74) is 1.88. The van der Waals surface area contributed by atoms with Crippen molar-refractivity contribution in [1.29, 1.82) is 0 Å². The number of nitrogen functional groups attached to an aromatic ring is 1. The molecule has 0 aliphatic heterocycles. The number of nitrogens with two attached hydrogens (primary N) is 1. The topological polar surface area (TPSA) is 98.3 Å². The Hall–Kier alpha value is -1.47. The van der Waals surface area contributed by atoms with Gasteiger partial charge in [0.25, 0.3) is 5.91 Å². The molecule has 0 radical (unpaired) electrons. The van der Waals surface area contributed by atoms with E-state index in [0.29, 0.717) is 0 Å². The van der Waals surface area contributed by atoms with Crippen LogP contribution in [0.1, 0.15) is 9.67 Å². The largest absolute Gasteiger partial charge is 0.324 e. The first-order chi connectivity index (χ1) is 5.65. The van der Waals surface area contributed by atoms with Crippen molar-refractivity contribution in [2.24, 2.45) is 5.84 Å². The van der Waals surface area contributed by atoms with E-state index in [0.717, 1.165) is 11.3 Å². The molecular weight excluding hydrogens is 182 g/mol. The molecule has 1 rings (SSSR count). The van der Waals surface area contributed by atoms with E-state index in [-0.39, 0.29) is 9.88 Å². The molecule has 1 heterocycles. The van der Waals surface area contributed by atoms with Gasteiger partial charge in [0.05, 0.1) is 4.92 Å². The number of hydrazine groups is 1. The lowest BCUT2D eigenvalue weighted by Gasteiger charge is -1.90. The molecule has 1 aromatic heterocycles. The van der Waals surface area contributed by atoms with E-state index in [1.807, 2.05) is 5.43 Å². The number of carbonyl (C=O) groups is 1. The minimum Gasteiger partial charge on any atom is -0.289 e. The van der Waals surface area contributed by atoms with E-state index >= 15 is 0 Å². The van der Waals surface area contributed by atoms with Crippen LogP contribution in [0.3, 0.4) is 0 Å². The van der Waals surface area contributed by atoms with Crippen molar-refractivity contribution in [3.05, 3.63) is 27.1 Å². The number of nitrogens with one attached hydrogen (secondary N) is 1. The highest BCUT2D eigenvalue weighted by molar-refractivity contribution is 7.17. The van der Waals surface area contributed by atoms with Gasteiger partial charge in [-0.3, -0.25) is 20.3 Å². The third kappa shape index (κ3) is 1.57. The third-order valence-electron chi connectivity index (χ3n) is 1.13. The summed E-state index contributed by atoms with van der Waals surface area (Å²) in [5.74, 6) is 4.31. The van der Waals surface area contributed by atoms with E-state index in [2.05, 4.69) is 0 Å². The first kappa shape index (κ1) is 8.62. The van der Waals surface area contributed by atoms with Crippen molar-refractivity contribution in [2.45, 2.75) is 0 Å². The van der Waals surface area contributed by atoms with Crippen LogP contribution in [0.5, 0.6) is 0 Å². The second-order valence-corrected chi connectivity index (χ2v) is 2.93. The van der Waals surface area contributed by atoms with Crippen LogP contribution >= 0.6 is 11.3 Å². The van der Waals surface area contributed by atoms with Crippen LogP contribution in [-0.4, -0.2) is 10.8 Å². The average Bonchev–Trinajstić information content (AvgIpc) is 2.51. The molecule has 0 unspecified atom stereocenters. The zero-order chi connectivity index (χ0) is 9.14. The fourth-order valence-electron chi connectivity index (χ4n) is 0.619. The van der Waals surface area contributed by atoms with E-state index < -0.39 is 10.8 Å². The van der Waals surface area contributed by atoms with Gasteiger partial charge < -0.3 is 0 Å². The molecule has 0 spiro atoms. The minimum absolute atomic E-state index is 0.0754. The quantitative estimate of drug-likeness (QED) is 0.300. The number of hydrogen-bond donors (Lipinski definition) is 2. The summed E-state index contributed by atoms with van der Waals surface area (Å²) in [7, 11) is 0. The molecule has 0 aliphatic carbocycles. The Morgan fingerprint density at radius 1 is 1.67 bits per heavy atom. The molecule has 0 bridgehead atoms. The molecule has 6 nitrogen and oxygen atoms in total. The molecule has 3 N–H and O–H groups in total. The Kier molecular flexibility index (Phi) is 2.36. The predicted octanol–water partition coefficient (Wildman–Crippen LogP) is 0.260. The first-order valence-corrected chi connectivity index (χ1v) is 3.72. The summed E-state index contributed by atoms with van der Waals surface area (Å²) in [6.07, 6.45) is 0. The van der Waals surface area contributed by atoms with Crippen LogP contribution in [0.25, 0.3) is 0 Å². The Bertz CT molecular complexity index is 321. The van der Waals surface area contributed by atoms with Gasteiger partial charge in [0.2, 0.25) is 0 Å². The zero-order valence-electron chi connectivity index (χ0n) is 5.81. The summed E-state index contributed by atoms with van der Waals surface area (Å²) in [4.78, 5) is 20.6. The number of nitrogens with zero attached hydrogens (tertiary/aromatic N) is 1. The molecule has 0 aliphatic rings. The average molecular weight is 187 g/mol. The highest BCUT2D eigenvalue weighted by Crippen LogP contribution is 2.23. The van der Waals surface area contributed by atoms with Crippen LogP contribution in [0.4, 0.5) is 5.00 Å². The van der Waals surface area contributed by atoms with Gasteiger partial charge in [0, 0.05) is 6.07 Å². The molecule has 1 aromatic rings. The van der Waals surface area contributed by atoms with E-state index in [4.69, 9.17) is 5.84 Å². The van der Waals surface area contributed by atoms with Crippen LogP contribution in [0.2, 0.25) is 0 Å². The van der Waals surface area contributed by atoms with Crippen molar-refractivity contribution >= 4 is 22.2 Å². The monoisotopic (exact) mass is 187 g/mol. The molecule has 0 saturated carbocycles. The Morgan fingerprint density at radius 3 is 2.75 bits per heavy atom. The lowest BCUT2D eigenvalue weighted by Crippen LogP contribution is -2.29. The zero-order valence-corrected chi connectivity index (χ0v) is 6.63. The smallest absolute Gasteiger partial charge is 0.289 e. The molecule has 1 amide bonds. The van der Waals surface area contributed by atoms with E-state index in [9.17, 15) is 14.9 Å². The predicted molar refractivity (Wildman–Crippen MR) is 42.6 cm³/mol. The van der Waals surface area contributed by atoms with Gasteiger partial charge in [0.1, 0.15) is 4.88 Å². The van der Waals surface area contributed by atoms with Crippen LogP contribution in [0, 0.1) is 10.1 Å². The summed E-state index contributed by atoms with van der Waals surface area (Å²) in [5, 5.41) is 10.1. The van der Waals surface area contributed by atoms with Gasteiger partial charge in [-0.25, -0.2) is 5.84 Å². The summed E-state index contributed by atoms with van der Waals surface area (Å²) in [6.45, 7) is 0. The molecule has 0 atom stereocenters. The van der Waals surface area contributed by atoms with Crippen LogP contribution in [0.15, 0.2) is 12.1 Å². The van der Waals surface area contributed by atoms with Crippen molar-refractivity contribution in [3.63, 3.8) is 0 Å². The minimum atomic E-state index is -0.558. The van der Waals surface area contributed by atoms with Gasteiger partial charge in [0.15, 0.2) is 0 Å². The number of hydrogen-bond acceptors (Lipinski definition) is 5. The summed E-state index contributed by atoms with van der Waals surface area (Å²) >= 11 is 0.783. The first-order valence-electron chi connectivity index (χ1n) is 2.90. The second kappa shape index (κ2) is 3.28.